The van der Waals surface area contributed by atoms with E-state index in [-0.39, 0.29) is 18.9 Å². The molecule has 0 amide bonds. The van der Waals surface area contributed by atoms with Gasteiger partial charge in [0.15, 0.2) is 0 Å². The van der Waals surface area contributed by atoms with Crippen LogP contribution in [0.2, 0.25) is 0 Å². The molecule has 0 aliphatic carbocycles. The molecule has 0 aromatic carbocycles. The third-order valence-corrected chi connectivity index (χ3v) is 2.60. The van der Waals surface area contributed by atoms with Crippen molar-refractivity contribution >= 4 is 0 Å². The highest BCUT2D eigenvalue weighted by atomic mass is 16.5. The predicted octanol–water partition coefficient (Wildman–Crippen LogP) is 4.04. The molecule has 1 nitrogen and oxygen atoms in total. The van der Waals surface area contributed by atoms with Gasteiger partial charge in [-0.3, -0.25) is 0 Å². The lowest BCUT2D eigenvalue weighted by Crippen LogP contribution is -2.36. The average molecular weight is 198 g/mol. The zero-order chi connectivity index (χ0) is 10.1. The standard InChI is InChI=1S/C12H22O.CH4/c1-9(2)10-7-6-8-11(13-10)12(3,4)5;/h6,8-11H,7H2,1-5H3;1H4. The van der Waals surface area contributed by atoms with Crippen molar-refractivity contribution in [3.63, 3.8) is 0 Å². The molecule has 14 heavy (non-hydrogen) atoms. The van der Waals surface area contributed by atoms with Gasteiger partial charge in [0, 0.05) is 0 Å². The molecular formula is C13H26O. The lowest BCUT2D eigenvalue weighted by atomic mass is 9.86. The van der Waals surface area contributed by atoms with E-state index in [2.05, 4.69) is 46.8 Å². The number of hydrogen-bond acceptors (Lipinski definition) is 1. The summed E-state index contributed by atoms with van der Waals surface area (Å²) in [5.74, 6) is 0.620. The smallest absolute Gasteiger partial charge is 0.0808 e. The van der Waals surface area contributed by atoms with Gasteiger partial charge in [0.25, 0.3) is 0 Å². The molecular weight excluding hydrogens is 172 g/mol. The fourth-order valence-corrected chi connectivity index (χ4v) is 1.55. The van der Waals surface area contributed by atoms with E-state index in [1.165, 1.54) is 0 Å². The fourth-order valence-electron chi connectivity index (χ4n) is 1.55. The van der Waals surface area contributed by atoms with E-state index in [4.69, 9.17) is 4.74 Å². The lowest BCUT2D eigenvalue weighted by Gasteiger charge is -2.36. The summed E-state index contributed by atoms with van der Waals surface area (Å²) in [5, 5.41) is 0. The Hall–Kier alpha value is -0.300. The summed E-state index contributed by atoms with van der Waals surface area (Å²) in [4.78, 5) is 0. The SMILES string of the molecule is C.CC(C)C1CC=CC(C(C)(C)C)O1. The van der Waals surface area contributed by atoms with Crippen molar-refractivity contribution in [2.24, 2.45) is 11.3 Å². The average Bonchev–Trinajstić information content (AvgIpc) is 2.03. The molecule has 2 atom stereocenters. The van der Waals surface area contributed by atoms with Gasteiger partial charge in [0.2, 0.25) is 0 Å². The van der Waals surface area contributed by atoms with Crippen LogP contribution in [0.15, 0.2) is 12.2 Å². The first-order valence-electron chi connectivity index (χ1n) is 5.23. The van der Waals surface area contributed by atoms with Crippen LogP contribution in [0.4, 0.5) is 0 Å². The number of ether oxygens (including phenoxy) is 1. The highest BCUT2D eigenvalue weighted by Gasteiger charge is 2.29. The highest BCUT2D eigenvalue weighted by molar-refractivity contribution is 5.01. The summed E-state index contributed by atoms with van der Waals surface area (Å²) >= 11 is 0. The minimum Gasteiger partial charge on any atom is -0.370 e. The van der Waals surface area contributed by atoms with Gasteiger partial charge in [-0.2, -0.15) is 0 Å². The first-order chi connectivity index (χ1) is 5.91. The van der Waals surface area contributed by atoms with E-state index < -0.39 is 0 Å². The van der Waals surface area contributed by atoms with Crippen molar-refractivity contribution in [3.05, 3.63) is 12.2 Å². The van der Waals surface area contributed by atoms with E-state index in [1.807, 2.05) is 0 Å². The second-order valence-electron chi connectivity index (χ2n) is 5.37. The van der Waals surface area contributed by atoms with E-state index in [9.17, 15) is 0 Å². The Bertz CT molecular complexity index is 186. The van der Waals surface area contributed by atoms with Crippen LogP contribution in [0.3, 0.4) is 0 Å². The van der Waals surface area contributed by atoms with Crippen molar-refractivity contribution in [1.82, 2.24) is 0 Å². The monoisotopic (exact) mass is 198 g/mol. The van der Waals surface area contributed by atoms with Crippen molar-refractivity contribution in [3.8, 4) is 0 Å². The van der Waals surface area contributed by atoms with Crippen molar-refractivity contribution in [1.29, 1.82) is 0 Å². The third-order valence-electron chi connectivity index (χ3n) is 2.60. The molecule has 1 rings (SSSR count). The topological polar surface area (TPSA) is 9.23 Å². The van der Waals surface area contributed by atoms with Crippen LogP contribution < -0.4 is 0 Å². The van der Waals surface area contributed by atoms with Crippen molar-refractivity contribution in [2.45, 2.75) is 60.7 Å². The molecule has 0 saturated carbocycles. The third kappa shape index (κ3) is 3.45. The summed E-state index contributed by atoms with van der Waals surface area (Å²) in [5.41, 5.74) is 0.226. The van der Waals surface area contributed by atoms with Crippen LogP contribution in [0.1, 0.15) is 48.5 Å². The maximum Gasteiger partial charge on any atom is 0.0808 e. The molecule has 0 bridgehead atoms. The zero-order valence-corrected chi connectivity index (χ0v) is 9.50. The Balaban J connectivity index is 0.00000169. The first kappa shape index (κ1) is 13.7. The van der Waals surface area contributed by atoms with Gasteiger partial charge in [0.1, 0.15) is 0 Å². The Morgan fingerprint density at radius 1 is 1.29 bits per heavy atom. The van der Waals surface area contributed by atoms with Crippen LogP contribution in [0.5, 0.6) is 0 Å². The van der Waals surface area contributed by atoms with E-state index in [0.717, 1.165) is 6.42 Å². The highest BCUT2D eigenvalue weighted by Crippen LogP contribution is 2.30. The molecule has 0 spiro atoms. The Morgan fingerprint density at radius 2 is 1.86 bits per heavy atom. The molecule has 0 N–H and O–H groups in total. The maximum absolute atomic E-state index is 6.03. The minimum atomic E-state index is 0. The Kier molecular flexibility index (Phi) is 4.87. The quantitative estimate of drug-likeness (QED) is 0.578. The van der Waals surface area contributed by atoms with Crippen LogP contribution in [0.25, 0.3) is 0 Å². The largest absolute Gasteiger partial charge is 0.370 e. The van der Waals surface area contributed by atoms with Gasteiger partial charge in [-0.25, -0.2) is 0 Å². The number of hydrogen-bond donors (Lipinski definition) is 0. The van der Waals surface area contributed by atoms with Gasteiger partial charge in [0.05, 0.1) is 12.2 Å². The summed E-state index contributed by atoms with van der Waals surface area (Å²) in [6.07, 6.45) is 6.25. The molecule has 0 fully saturated rings. The zero-order valence-electron chi connectivity index (χ0n) is 9.50. The maximum atomic E-state index is 6.03. The van der Waals surface area contributed by atoms with Crippen LogP contribution in [0, 0.1) is 11.3 Å². The molecule has 1 aliphatic heterocycles. The van der Waals surface area contributed by atoms with Crippen LogP contribution in [-0.4, -0.2) is 12.2 Å². The van der Waals surface area contributed by atoms with Crippen LogP contribution in [-0.2, 0) is 4.74 Å². The summed E-state index contributed by atoms with van der Waals surface area (Å²) < 4.78 is 6.03. The fraction of sp³-hybridized carbons (Fsp3) is 0.846. The minimum absolute atomic E-state index is 0. The van der Waals surface area contributed by atoms with E-state index in [0.29, 0.717) is 12.0 Å². The van der Waals surface area contributed by atoms with Gasteiger partial charge in [-0.15, -0.1) is 0 Å². The molecule has 1 heteroatoms. The van der Waals surface area contributed by atoms with Crippen molar-refractivity contribution in [2.75, 3.05) is 0 Å². The second kappa shape index (κ2) is 4.97. The Labute approximate surface area is 89.5 Å². The summed E-state index contributed by atoms with van der Waals surface area (Å²) in [6, 6.07) is 0. The van der Waals surface area contributed by atoms with Crippen LogP contribution >= 0.6 is 0 Å². The van der Waals surface area contributed by atoms with Gasteiger partial charge in [-0.05, 0) is 17.8 Å². The molecule has 0 saturated heterocycles. The predicted molar refractivity (Wildman–Crippen MR) is 63.4 cm³/mol. The van der Waals surface area contributed by atoms with Gasteiger partial charge >= 0.3 is 0 Å². The molecule has 1 aliphatic rings. The molecule has 1 heterocycles. The van der Waals surface area contributed by atoms with Gasteiger partial charge in [-0.1, -0.05) is 54.2 Å². The first-order valence-corrected chi connectivity index (χ1v) is 5.23. The molecule has 0 aromatic rings. The molecule has 2 unspecified atom stereocenters. The molecule has 84 valence electrons. The number of rotatable bonds is 1. The summed E-state index contributed by atoms with van der Waals surface area (Å²) in [6.45, 7) is 11.1. The van der Waals surface area contributed by atoms with E-state index in [1.54, 1.807) is 0 Å². The molecule has 0 aromatic heterocycles. The summed E-state index contributed by atoms with van der Waals surface area (Å²) in [7, 11) is 0. The molecule has 0 radical (unpaired) electrons. The normalized spacial score (nSPS) is 27.6. The lowest BCUT2D eigenvalue weighted by molar-refractivity contribution is -0.0643. The van der Waals surface area contributed by atoms with Gasteiger partial charge < -0.3 is 4.74 Å². The van der Waals surface area contributed by atoms with E-state index >= 15 is 0 Å². The van der Waals surface area contributed by atoms with Crippen molar-refractivity contribution < 1.29 is 4.74 Å². The second-order valence-corrected chi connectivity index (χ2v) is 5.37. The Morgan fingerprint density at radius 3 is 2.29 bits per heavy atom.